The number of aromatic nitrogens is 3. The van der Waals surface area contributed by atoms with E-state index in [4.69, 9.17) is 21.1 Å². The minimum atomic E-state index is -5.15. The summed E-state index contributed by atoms with van der Waals surface area (Å²) in [5.74, 6) is -1.95. The molecule has 0 radical (unpaired) electrons. The third kappa shape index (κ3) is 5.23. The highest BCUT2D eigenvalue weighted by atomic mass is 35.5. The van der Waals surface area contributed by atoms with Gasteiger partial charge in [-0.1, -0.05) is 11.6 Å². The van der Waals surface area contributed by atoms with E-state index < -0.39 is 12.1 Å². The van der Waals surface area contributed by atoms with Gasteiger partial charge in [0.1, 0.15) is 29.4 Å². The molecule has 3 aromatic rings. The molecule has 1 N–H and O–H groups in total. The average Bonchev–Trinajstić information content (AvgIpc) is 2.68. The number of hydrogen-bond acceptors (Lipinski definition) is 8. The number of nitrogens with zero attached hydrogens (tertiary/aromatic N) is 3. The molecule has 0 fully saturated rings. The van der Waals surface area contributed by atoms with Crippen LogP contribution in [0.3, 0.4) is 0 Å². The molecule has 164 valence electrons. The number of carbonyl (C=O) groups excluding carboxylic acids is 1. The summed E-state index contributed by atoms with van der Waals surface area (Å²) in [7, 11) is 1.47. The lowest BCUT2D eigenvalue weighted by Crippen LogP contribution is -2.28. The second-order valence-electron chi connectivity index (χ2n) is 6.43. The molecule has 0 unspecified atom stereocenters. The van der Waals surface area contributed by atoms with Gasteiger partial charge < -0.3 is 19.5 Å². The largest absolute Gasteiger partial charge is 0.495 e. The van der Waals surface area contributed by atoms with E-state index in [2.05, 4.69) is 25.0 Å². The Labute approximate surface area is 179 Å². The van der Waals surface area contributed by atoms with Crippen molar-refractivity contribution >= 4 is 40.0 Å². The van der Waals surface area contributed by atoms with Crippen LogP contribution in [0, 0.1) is 0 Å². The number of fused-ring (bicyclic) bond motifs is 1. The molecule has 0 amide bonds. The normalized spacial score (nSPS) is 11.5. The minimum Gasteiger partial charge on any atom is -0.495 e. The highest BCUT2D eigenvalue weighted by Gasteiger charge is 2.41. The van der Waals surface area contributed by atoms with Crippen molar-refractivity contribution in [3.8, 4) is 17.2 Å². The third-order valence-electron chi connectivity index (χ3n) is 3.78. The number of carbonyl (C=O) groups is 1. The maximum Gasteiger partial charge on any atom is 0.491 e. The van der Waals surface area contributed by atoms with Crippen LogP contribution in [0.4, 0.5) is 24.7 Å². The van der Waals surface area contributed by atoms with Crippen LogP contribution in [0.15, 0.2) is 30.7 Å². The number of halogens is 4. The fourth-order valence-corrected chi connectivity index (χ4v) is 2.70. The van der Waals surface area contributed by atoms with Gasteiger partial charge in [-0.2, -0.15) is 13.2 Å². The lowest BCUT2D eigenvalue weighted by molar-refractivity contribution is -0.189. The Morgan fingerprint density at radius 2 is 1.87 bits per heavy atom. The van der Waals surface area contributed by atoms with Gasteiger partial charge in [-0.25, -0.2) is 19.7 Å². The number of anilines is 2. The molecule has 0 aliphatic rings. The van der Waals surface area contributed by atoms with Crippen molar-refractivity contribution in [1.82, 2.24) is 15.0 Å². The van der Waals surface area contributed by atoms with E-state index in [1.807, 2.05) is 0 Å². The van der Waals surface area contributed by atoms with Crippen LogP contribution in [0.1, 0.15) is 13.8 Å². The van der Waals surface area contributed by atoms with Crippen LogP contribution in [0.2, 0.25) is 5.15 Å². The second kappa shape index (κ2) is 8.80. The van der Waals surface area contributed by atoms with E-state index in [-0.39, 0.29) is 34.1 Å². The molecule has 0 aliphatic heterocycles. The summed E-state index contributed by atoms with van der Waals surface area (Å²) in [6, 6.07) is 3.92. The van der Waals surface area contributed by atoms with Crippen molar-refractivity contribution < 1.29 is 32.2 Å². The molecule has 2 aromatic heterocycles. The second-order valence-corrected chi connectivity index (χ2v) is 6.79. The zero-order chi connectivity index (χ0) is 22.8. The molecular formula is C19H16ClF3N4O4. The fraction of sp³-hybridized carbons (Fsp3) is 0.263. The number of methoxy groups -OCH3 is 1. The van der Waals surface area contributed by atoms with Crippen molar-refractivity contribution in [1.29, 1.82) is 0 Å². The molecule has 12 heteroatoms. The van der Waals surface area contributed by atoms with Gasteiger partial charge in [0.05, 0.1) is 36.0 Å². The van der Waals surface area contributed by atoms with Crippen molar-refractivity contribution in [3.63, 3.8) is 0 Å². The van der Waals surface area contributed by atoms with Gasteiger partial charge in [0.2, 0.25) is 0 Å². The number of pyridine rings is 1. The third-order valence-corrected chi connectivity index (χ3v) is 4.08. The van der Waals surface area contributed by atoms with Crippen molar-refractivity contribution in [3.05, 3.63) is 35.9 Å². The first-order chi connectivity index (χ1) is 14.6. The summed E-state index contributed by atoms with van der Waals surface area (Å²) in [4.78, 5) is 23.5. The Kier molecular flexibility index (Phi) is 6.34. The van der Waals surface area contributed by atoms with Crippen LogP contribution >= 0.6 is 11.6 Å². The van der Waals surface area contributed by atoms with Crippen LogP contribution in [-0.2, 0) is 4.79 Å². The molecule has 0 spiro atoms. The monoisotopic (exact) mass is 456 g/mol. The maximum atomic E-state index is 12.6. The summed E-state index contributed by atoms with van der Waals surface area (Å²) in [6.07, 6.45) is -2.89. The molecule has 2 heterocycles. The minimum absolute atomic E-state index is 0.104. The van der Waals surface area contributed by atoms with E-state index in [9.17, 15) is 18.0 Å². The van der Waals surface area contributed by atoms with E-state index >= 15 is 0 Å². The average molecular weight is 457 g/mol. The van der Waals surface area contributed by atoms with Gasteiger partial charge in [0.15, 0.2) is 5.15 Å². The van der Waals surface area contributed by atoms with Crippen molar-refractivity contribution in [2.45, 2.75) is 26.1 Å². The first-order valence-electron chi connectivity index (χ1n) is 8.79. The highest BCUT2D eigenvalue weighted by molar-refractivity contribution is 6.32. The number of nitrogens with one attached hydrogen (secondary N) is 1. The topological polar surface area (TPSA) is 95.5 Å². The van der Waals surface area contributed by atoms with Gasteiger partial charge in [-0.05, 0) is 13.8 Å². The Morgan fingerprint density at radius 1 is 1.13 bits per heavy atom. The Morgan fingerprint density at radius 3 is 2.52 bits per heavy atom. The predicted molar refractivity (Wildman–Crippen MR) is 106 cm³/mol. The zero-order valence-corrected chi connectivity index (χ0v) is 17.2. The Bertz CT molecular complexity index is 1130. The van der Waals surface area contributed by atoms with Gasteiger partial charge in [0.25, 0.3) is 0 Å². The van der Waals surface area contributed by atoms with Crippen LogP contribution < -0.4 is 19.5 Å². The number of benzene rings is 1. The van der Waals surface area contributed by atoms with Gasteiger partial charge in [0, 0.05) is 18.2 Å². The van der Waals surface area contributed by atoms with Crippen LogP contribution in [-0.4, -0.2) is 40.3 Å². The molecular weight excluding hydrogens is 441 g/mol. The molecule has 0 saturated carbocycles. The lowest BCUT2D eigenvalue weighted by atomic mass is 10.2. The Balaban J connectivity index is 2.10. The standard InChI is InChI=1S/C19H16ClF3N4O4/c1-9(2)30-14-6-10(31-18(28)19(21,22)23)4-12-15(14)17(26-8-25-12)27-13-5-11(29-3)7-24-16(13)20/h4-9H,1-3H3,(H,25,26,27). The molecule has 0 atom stereocenters. The quantitative estimate of drug-likeness (QED) is 0.324. The number of ether oxygens (including phenoxy) is 3. The fourth-order valence-electron chi connectivity index (χ4n) is 2.55. The molecule has 3 rings (SSSR count). The van der Waals surface area contributed by atoms with Gasteiger partial charge in [-0.15, -0.1) is 0 Å². The summed E-state index contributed by atoms with van der Waals surface area (Å²) in [6.45, 7) is 3.44. The van der Waals surface area contributed by atoms with E-state index in [0.29, 0.717) is 16.8 Å². The van der Waals surface area contributed by atoms with Crippen LogP contribution in [0.25, 0.3) is 10.9 Å². The van der Waals surface area contributed by atoms with Gasteiger partial charge >= 0.3 is 12.1 Å². The summed E-state index contributed by atoms with van der Waals surface area (Å²) >= 11 is 6.14. The zero-order valence-electron chi connectivity index (χ0n) is 16.5. The van der Waals surface area contributed by atoms with Crippen LogP contribution in [0.5, 0.6) is 17.2 Å². The smallest absolute Gasteiger partial charge is 0.491 e. The number of alkyl halides is 3. The Hall–Kier alpha value is -3.34. The van der Waals surface area contributed by atoms with Gasteiger partial charge in [-0.3, -0.25) is 0 Å². The maximum absolute atomic E-state index is 12.6. The SMILES string of the molecule is COc1cnc(Cl)c(Nc2ncnc3cc(OC(=O)C(F)(F)F)cc(OC(C)C)c23)c1. The number of hydrogen-bond donors (Lipinski definition) is 1. The predicted octanol–water partition coefficient (Wildman–Crippen LogP) is 4.69. The summed E-state index contributed by atoms with van der Waals surface area (Å²) < 4.78 is 53.1. The molecule has 1 aromatic carbocycles. The van der Waals surface area contributed by atoms with E-state index in [1.54, 1.807) is 19.9 Å². The first-order valence-corrected chi connectivity index (χ1v) is 9.17. The molecule has 0 aliphatic carbocycles. The highest BCUT2D eigenvalue weighted by Crippen LogP contribution is 2.37. The number of rotatable bonds is 6. The summed E-state index contributed by atoms with van der Waals surface area (Å²) in [5, 5.41) is 3.46. The van der Waals surface area contributed by atoms with E-state index in [0.717, 1.165) is 6.07 Å². The lowest BCUT2D eigenvalue weighted by Gasteiger charge is -2.17. The van der Waals surface area contributed by atoms with Crippen molar-refractivity contribution in [2.24, 2.45) is 0 Å². The number of esters is 1. The van der Waals surface area contributed by atoms with E-state index in [1.165, 1.54) is 25.7 Å². The van der Waals surface area contributed by atoms with Crippen molar-refractivity contribution in [2.75, 3.05) is 12.4 Å². The first kappa shape index (κ1) is 22.3. The molecule has 0 saturated heterocycles. The molecule has 31 heavy (non-hydrogen) atoms. The summed E-state index contributed by atoms with van der Waals surface area (Å²) in [5.41, 5.74) is 0.539. The molecule has 8 nitrogen and oxygen atoms in total. The molecule has 0 bridgehead atoms.